The van der Waals surface area contributed by atoms with E-state index in [1.807, 2.05) is 0 Å². The van der Waals surface area contributed by atoms with Gasteiger partial charge in [-0.3, -0.25) is 0 Å². The number of hydrogen-bond acceptors (Lipinski definition) is 0. The van der Waals surface area contributed by atoms with Gasteiger partial charge in [-0.2, -0.15) is 0 Å². The third-order valence-corrected chi connectivity index (χ3v) is 7.27. The zero-order chi connectivity index (χ0) is 25.9. The van der Waals surface area contributed by atoms with Crippen molar-refractivity contribution in [1.29, 1.82) is 0 Å². The van der Waals surface area contributed by atoms with Crippen molar-refractivity contribution in [2.75, 3.05) is 0 Å². The van der Waals surface area contributed by atoms with Gasteiger partial charge in [0.25, 0.3) is 0 Å². The highest BCUT2D eigenvalue weighted by Crippen LogP contribution is 2.42. The summed E-state index contributed by atoms with van der Waals surface area (Å²) in [5.74, 6) is 0. The van der Waals surface area contributed by atoms with Crippen molar-refractivity contribution in [3.8, 4) is 55.6 Å². The van der Waals surface area contributed by atoms with Gasteiger partial charge in [0.1, 0.15) is 0 Å². The lowest BCUT2D eigenvalue weighted by Crippen LogP contribution is -1.92. The van der Waals surface area contributed by atoms with E-state index in [4.69, 9.17) is 0 Å². The topological polar surface area (TPSA) is 0 Å². The van der Waals surface area contributed by atoms with Gasteiger partial charge in [-0.15, -0.1) is 0 Å². The van der Waals surface area contributed by atoms with Gasteiger partial charge in [0.05, 0.1) is 0 Å². The average molecular weight is 487 g/mol. The summed E-state index contributed by atoms with van der Waals surface area (Å²) < 4.78 is 0. The number of rotatable bonds is 5. The lowest BCUT2D eigenvalue weighted by atomic mass is 9.85. The van der Waals surface area contributed by atoms with Crippen molar-refractivity contribution in [1.82, 2.24) is 0 Å². The summed E-state index contributed by atoms with van der Waals surface area (Å²) in [6.45, 7) is 4.27. The monoisotopic (exact) mass is 486 g/mol. The molecule has 182 valence electrons. The molecule has 0 unspecified atom stereocenters. The standard InChI is InChI=1S/C38H30/c1-27-13-17-29(18-14-27)30-21-23-34(24-22-30)38-26-35(31-9-5-3-6-10-31)37(33-19-15-28(2)16-20-33)25-36(38)32-11-7-4-8-12-32/h3-26H,1-2H3. The maximum Gasteiger partial charge on any atom is -0.00988 e. The van der Waals surface area contributed by atoms with Gasteiger partial charge < -0.3 is 0 Å². The van der Waals surface area contributed by atoms with E-state index in [9.17, 15) is 0 Å². The lowest BCUT2D eigenvalue weighted by molar-refractivity contribution is 1.46. The van der Waals surface area contributed by atoms with E-state index in [0.29, 0.717) is 0 Å². The summed E-state index contributed by atoms with van der Waals surface area (Å²) in [5, 5.41) is 0. The van der Waals surface area contributed by atoms with Crippen molar-refractivity contribution in [2.45, 2.75) is 13.8 Å². The van der Waals surface area contributed by atoms with Crippen LogP contribution in [0.2, 0.25) is 0 Å². The molecule has 6 aromatic carbocycles. The molecule has 0 atom stereocenters. The second-order valence-corrected chi connectivity index (χ2v) is 9.98. The van der Waals surface area contributed by atoms with Crippen LogP contribution in [0.3, 0.4) is 0 Å². The van der Waals surface area contributed by atoms with Crippen molar-refractivity contribution in [3.63, 3.8) is 0 Å². The van der Waals surface area contributed by atoms with Crippen LogP contribution in [0.4, 0.5) is 0 Å². The number of aryl methyl sites for hydroxylation is 2. The Morgan fingerprint density at radius 3 is 0.895 bits per heavy atom. The minimum Gasteiger partial charge on any atom is -0.0622 e. The quantitative estimate of drug-likeness (QED) is 0.227. The minimum atomic E-state index is 1.22. The number of hydrogen-bond donors (Lipinski definition) is 0. The van der Waals surface area contributed by atoms with Gasteiger partial charge in [0.2, 0.25) is 0 Å². The van der Waals surface area contributed by atoms with Gasteiger partial charge >= 0.3 is 0 Å². The zero-order valence-corrected chi connectivity index (χ0v) is 21.9. The van der Waals surface area contributed by atoms with Gasteiger partial charge in [-0.1, -0.05) is 145 Å². The molecule has 0 aliphatic heterocycles. The summed E-state index contributed by atoms with van der Waals surface area (Å²) in [6.07, 6.45) is 0. The molecule has 0 amide bonds. The highest BCUT2D eigenvalue weighted by molar-refractivity contribution is 5.95. The lowest BCUT2D eigenvalue weighted by Gasteiger charge is -2.18. The molecular formula is C38H30. The van der Waals surface area contributed by atoms with Crippen LogP contribution >= 0.6 is 0 Å². The van der Waals surface area contributed by atoms with Crippen LogP contribution in [0.25, 0.3) is 55.6 Å². The molecule has 0 N–H and O–H groups in total. The van der Waals surface area contributed by atoms with Crippen molar-refractivity contribution >= 4 is 0 Å². The summed E-state index contributed by atoms with van der Waals surface area (Å²) in [6, 6.07) is 52.9. The Morgan fingerprint density at radius 1 is 0.263 bits per heavy atom. The van der Waals surface area contributed by atoms with Gasteiger partial charge in [-0.05, 0) is 81.6 Å². The largest absolute Gasteiger partial charge is 0.0622 e. The summed E-state index contributed by atoms with van der Waals surface area (Å²) in [7, 11) is 0. The van der Waals surface area contributed by atoms with Crippen LogP contribution in [0, 0.1) is 13.8 Å². The van der Waals surface area contributed by atoms with Crippen LogP contribution in [0.15, 0.2) is 146 Å². The Kier molecular flexibility index (Phi) is 6.46. The molecular weight excluding hydrogens is 456 g/mol. The van der Waals surface area contributed by atoms with E-state index in [0.717, 1.165) is 0 Å². The molecule has 0 saturated heterocycles. The third-order valence-electron chi connectivity index (χ3n) is 7.27. The van der Waals surface area contributed by atoms with Crippen LogP contribution in [-0.2, 0) is 0 Å². The Labute approximate surface area is 225 Å². The molecule has 6 aromatic rings. The van der Waals surface area contributed by atoms with E-state index in [1.54, 1.807) is 0 Å². The zero-order valence-electron chi connectivity index (χ0n) is 21.9. The summed E-state index contributed by atoms with van der Waals surface area (Å²) in [4.78, 5) is 0. The van der Waals surface area contributed by atoms with Gasteiger partial charge in [-0.25, -0.2) is 0 Å². The van der Waals surface area contributed by atoms with E-state index >= 15 is 0 Å². The molecule has 0 radical (unpaired) electrons. The molecule has 0 heteroatoms. The van der Waals surface area contributed by atoms with Crippen LogP contribution in [0.5, 0.6) is 0 Å². The van der Waals surface area contributed by atoms with E-state index in [1.165, 1.54) is 66.8 Å². The van der Waals surface area contributed by atoms with E-state index in [-0.39, 0.29) is 0 Å². The summed E-state index contributed by atoms with van der Waals surface area (Å²) in [5.41, 5.74) is 14.9. The first-order chi connectivity index (χ1) is 18.7. The molecule has 6 rings (SSSR count). The first kappa shape index (κ1) is 23.7. The molecule has 0 spiro atoms. The second-order valence-electron chi connectivity index (χ2n) is 9.98. The van der Waals surface area contributed by atoms with E-state index < -0.39 is 0 Å². The SMILES string of the molecule is Cc1ccc(-c2ccc(-c3cc(-c4ccccc4)c(-c4ccc(C)cc4)cc3-c3ccccc3)cc2)cc1. The molecule has 0 heterocycles. The fourth-order valence-corrected chi connectivity index (χ4v) is 5.11. The summed E-state index contributed by atoms with van der Waals surface area (Å²) >= 11 is 0. The molecule has 0 aliphatic rings. The van der Waals surface area contributed by atoms with E-state index in [2.05, 4.69) is 159 Å². The highest BCUT2D eigenvalue weighted by atomic mass is 14.2. The molecule has 0 nitrogen and oxygen atoms in total. The van der Waals surface area contributed by atoms with Crippen LogP contribution < -0.4 is 0 Å². The Morgan fingerprint density at radius 2 is 0.526 bits per heavy atom. The molecule has 0 bridgehead atoms. The Hall–Kier alpha value is -4.68. The minimum absolute atomic E-state index is 1.22. The maximum absolute atomic E-state index is 2.38. The average Bonchev–Trinajstić information content (AvgIpc) is 2.98. The van der Waals surface area contributed by atoms with Crippen molar-refractivity contribution < 1.29 is 0 Å². The Bertz CT molecular complexity index is 1660. The van der Waals surface area contributed by atoms with Gasteiger partial charge in [0, 0.05) is 0 Å². The predicted molar refractivity (Wildman–Crippen MR) is 163 cm³/mol. The van der Waals surface area contributed by atoms with Crippen LogP contribution in [0.1, 0.15) is 11.1 Å². The number of benzene rings is 6. The van der Waals surface area contributed by atoms with Gasteiger partial charge in [0.15, 0.2) is 0 Å². The second kappa shape index (κ2) is 10.4. The fraction of sp³-hybridized carbons (Fsp3) is 0.0526. The first-order valence-electron chi connectivity index (χ1n) is 13.2. The molecule has 0 fully saturated rings. The maximum atomic E-state index is 2.38. The molecule has 0 aliphatic carbocycles. The van der Waals surface area contributed by atoms with Crippen molar-refractivity contribution in [3.05, 3.63) is 157 Å². The molecule has 0 aromatic heterocycles. The molecule has 0 saturated carbocycles. The third kappa shape index (κ3) is 4.82. The predicted octanol–water partition coefficient (Wildman–Crippen LogP) is 10.6. The highest BCUT2D eigenvalue weighted by Gasteiger charge is 2.16. The van der Waals surface area contributed by atoms with Crippen LogP contribution in [-0.4, -0.2) is 0 Å². The molecule has 38 heavy (non-hydrogen) atoms. The van der Waals surface area contributed by atoms with Crippen molar-refractivity contribution in [2.24, 2.45) is 0 Å². The Balaban J connectivity index is 1.57. The normalized spacial score (nSPS) is 10.9. The fourth-order valence-electron chi connectivity index (χ4n) is 5.11. The first-order valence-corrected chi connectivity index (χ1v) is 13.2. The smallest absolute Gasteiger partial charge is 0.00988 e.